The van der Waals surface area contributed by atoms with E-state index in [1.54, 1.807) is 6.07 Å². The van der Waals surface area contributed by atoms with Gasteiger partial charge >= 0.3 is 6.03 Å². The fourth-order valence-corrected chi connectivity index (χ4v) is 5.53. The van der Waals surface area contributed by atoms with E-state index in [9.17, 15) is 9.59 Å². The van der Waals surface area contributed by atoms with Gasteiger partial charge in [0.15, 0.2) is 0 Å². The summed E-state index contributed by atoms with van der Waals surface area (Å²) in [5, 5.41) is 9.01. The highest BCUT2D eigenvalue weighted by atomic mass is 35.5. The second kappa shape index (κ2) is 12.5. The van der Waals surface area contributed by atoms with Gasteiger partial charge < -0.3 is 35.1 Å². The van der Waals surface area contributed by atoms with E-state index in [0.29, 0.717) is 17.2 Å². The number of halogens is 2. The molecule has 2 aliphatic rings. The fraction of sp³-hybridized carbons (Fsp3) is 0.310. The molecule has 2 fully saturated rings. The van der Waals surface area contributed by atoms with Crippen molar-refractivity contribution in [2.45, 2.75) is 6.42 Å². The zero-order valence-corrected chi connectivity index (χ0v) is 25.4. The molecule has 0 saturated carbocycles. The quantitative estimate of drug-likeness (QED) is 0.261. The van der Waals surface area contributed by atoms with Crippen LogP contribution < -0.4 is 35.2 Å². The molecule has 3 heterocycles. The number of urea groups is 1. The number of anilines is 6. The highest BCUT2D eigenvalue weighted by Gasteiger charge is 2.44. The Bertz CT molecular complexity index is 1540. The number of hydrogen-bond acceptors (Lipinski definition) is 9. The Balaban J connectivity index is 1.35. The van der Waals surface area contributed by atoms with Gasteiger partial charge in [0.05, 0.1) is 44.5 Å². The molecule has 2 aromatic carbocycles. The van der Waals surface area contributed by atoms with Crippen molar-refractivity contribution >= 4 is 69.5 Å². The molecule has 226 valence electrons. The zero-order chi connectivity index (χ0) is 30.7. The summed E-state index contributed by atoms with van der Waals surface area (Å²) < 4.78 is 16.0. The van der Waals surface area contributed by atoms with E-state index < -0.39 is 6.03 Å². The second-order valence-electron chi connectivity index (χ2n) is 10.2. The van der Waals surface area contributed by atoms with Crippen LogP contribution in [0.5, 0.6) is 11.5 Å². The van der Waals surface area contributed by atoms with Crippen LogP contribution in [0.3, 0.4) is 0 Å². The Labute approximate surface area is 258 Å². The minimum Gasteiger partial charge on any atom is -0.495 e. The topological polar surface area (TPSA) is 130 Å². The first kappa shape index (κ1) is 30.2. The van der Waals surface area contributed by atoms with Crippen molar-refractivity contribution in [3.8, 4) is 11.5 Å². The normalized spacial score (nSPS) is 15.0. The van der Waals surface area contributed by atoms with Gasteiger partial charge in [0.2, 0.25) is 5.91 Å². The average Bonchev–Trinajstić information content (AvgIpc) is 3.47. The molecule has 43 heavy (non-hydrogen) atoms. The molecule has 0 aliphatic carbocycles. The largest absolute Gasteiger partial charge is 0.495 e. The Morgan fingerprint density at radius 2 is 1.79 bits per heavy atom. The van der Waals surface area contributed by atoms with Crippen LogP contribution in [0, 0.1) is 5.41 Å². The predicted octanol–water partition coefficient (Wildman–Crippen LogP) is 5.56. The molecule has 0 radical (unpaired) electrons. The first-order chi connectivity index (χ1) is 20.7. The molecule has 12 nitrogen and oxygen atoms in total. The van der Waals surface area contributed by atoms with Crippen LogP contribution in [0.4, 0.5) is 39.2 Å². The summed E-state index contributed by atoms with van der Waals surface area (Å²) in [6, 6.07) is 8.31. The third-order valence-corrected chi connectivity index (χ3v) is 8.19. The third-order valence-electron chi connectivity index (χ3n) is 7.44. The maximum Gasteiger partial charge on any atom is 0.327 e. The third kappa shape index (κ3) is 6.26. The monoisotopic (exact) mass is 627 g/mol. The maximum atomic E-state index is 13.2. The van der Waals surface area contributed by atoms with E-state index in [-0.39, 0.29) is 44.4 Å². The lowest BCUT2D eigenvalue weighted by molar-refractivity contribution is -0.111. The second-order valence-corrected chi connectivity index (χ2v) is 11.0. The van der Waals surface area contributed by atoms with E-state index in [1.807, 2.05) is 18.2 Å². The summed E-state index contributed by atoms with van der Waals surface area (Å²) in [5.74, 6) is 0.867. The molecule has 2 aliphatic heterocycles. The number of benzene rings is 2. The van der Waals surface area contributed by atoms with Crippen molar-refractivity contribution in [1.29, 1.82) is 0 Å². The van der Waals surface area contributed by atoms with Gasteiger partial charge in [-0.15, -0.1) is 0 Å². The molecule has 5 rings (SSSR count). The van der Waals surface area contributed by atoms with Crippen LogP contribution in [-0.4, -0.2) is 69.5 Å². The molecule has 3 aromatic rings. The number of methoxy groups -OCH3 is 2. The van der Waals surface area contributed by atoms with Crippen LogP contribution in [0.2, 0.25) is 10.0 Å². The summed E-state index contributed by atoms with van der Waals surface area (Å²) in [5.41, 5.74) is 2.47. The van der Waals surface area contributed by atoms with Crippen molar-refractivity contribution in [2.24, 2.45) is 5.41 Å². The van der Waals surface area contributed by atoms with Gasteiger partial charge in [0.25, 0.3) is 0 Å². The summed E-state index contributed by atoms with van der Waals surface area (Å²) in [7, 11) is 4.41. The van der Waals surface area contributed by atoms with Crippen LogP contribution in [-0.2, 0) is 9.53 Å². The lowest BCUT2D eigenvalue weighted by Gasteiger charge is -2.37. The minimum absolute atomic E-state index is 0.114. The summed E-state index contributed by atoms with van der Waals surface area (Å²) in [6.45, 7) is 6.93. The van der Waals surface area contributed by atoms with E-state index in [1.165, 1.54) is 44.6 Å². The van der Waals surface area contributed by atoms with Crippen molar-refractivity contribution < 1.29 is 23.8 Å². The van der Waals surface area contributed by atoms with E-state index >= 15 is 0 Å². The summed E-state index contributed by atoms with van der Waals surface area (Å²) >= 11 is 12.8. The SMILES string of the molecule is C=CC(=O)Nc1cc(N2CCC3(COC3)C2)ccc1Nc1cc(N(C)C(=O)Nc2c(Cl)c(OC)cc(OC)c2Cl)ncn1. The predicted molar refractivity (Wildman–Crippen MR) is 168 cm³/mol. The molecule has 0 bridgehead atoms. The van der Waals surface area contributed by atoms with Gasteiger partial charge in [-0.25, -0.2) is 14.8 Å². The molecule has 2 saturated heterocycles. The summed E-state index contributed by atoms with van der Waals surface area (Å²) in [6.07, 6.45) is 3.59. The standard InChI is InChI=1S/C29H31Cl2N7O5/c1-5-24(39)35-19-10-17(38-9-8-29(13-38)14-43-15-29)6-7-18(19)34-22-12-23(33-16-32-22)37(2)28(40)36-27-25(30)20(41-3)11-21(42-4)26(27)31/h5-7,10-12,16H,1,8-9,13-15H2,2-4H3,(H,35,39)(H,36,40)(H,32,33,34). The number of carbonyl (C=O) groups is 2. The Hall–Kier alpha value is -4.26. The van der Waals surface area contributed by atoms with Gasteiger partial charge in [0.1, 0.15) is 39.5 Å². The number of hydrogen-bond donors (Lipinski definition) is 3. The van der Waals surface area contributed by atoms with Crippen LogP contribution in [0.1, 0.15) is 6.42 Å². The van der Waals surface area contributed by atoms with Gasteiger partial charge in [-0.3, -0.25) is 9.69 Å². The van der Waals surface area contributed by atoms with Gasteiger partial charge in [0, 0.05) is 43.4 Å². The van der Waals surface area contributed by atoms with Crippen LogP contribution in [0.15, 0.2) is 49.3 Å². The van der Waals surface area contributed by atoms with Crippen LogP contribution in [0.25, 0.3) is 0 Å². The molecular formula is C29H31Cl2N7O5. The van der Waals surface area contributed by atoms with Crippen molar-refractivity contribution in [1.82, 2.24) is 9.97 Å². The number of amides is 3. The Morgan fingerprint density at radius 1 is 1.07 bits per heavy atom. The molecule has 0 atom stereocenters. The van der Waals surface area contributed by atoms with E-state index in [4.69, 9.17) is 37.4 Å². The van der Waals surface area contributed by atoms with Gasteiger partial charge in [-0.1, -0.05) is 29.8 Å². The highest BCUT2D eigenvalue weighted by molar-refractivity contribution is 6.41. The lowest BCUT2D eigenvalue weighted by atomic mass is 9.85. The van der Waals surface area contributed by atoms with Crippen LogP contribution >= 0.6 is 23.2 Å². The Morgan fingerprint density at radius 3 is 2.40 bits per heavy atom. The first-order valence-electron chi connectivity index (χ1n) is 13.3. The minimum atomic E-state index is -0.577. The van der Waals surface area contributed by atoms with Gasteiger partial charge in [-0.05, 0) is 30.7 Å². The molecule has 1 aromatic heterocycles. The smallest absolute Gasteiger partial charge is 0.327 e. The van der Waals surface area contributed by atoms with E-state index in [2.05, 4.69) is 37.4 Å². The average molecular weight is 629 g/mol. The lowest BCUT2D eigenvalue weighted by Crippen LogP contribution is -2.44. The number of aromatic nitrogens is 2. The number of ether oxygens (including phenoxy) is 3. The maximum absolute atomic E-state index is 13.2. The molecule has 14 heteroatoms. The summed E-state index contributed by atoms with van der Waals surface area (Å²) in [4.78, 5) is 37.6. The number of nitrogens with zero attached hydrogens (tertiary/aromatic N) is 4. The molecule has 0 unspecified atom stereocenters. The zero-order valence-electron chi connectivity index (χ0n) is 23.9. The van der Waals surface area contributed by atoms with Crippen molar-refractivity contribution in [3.05, 3.63) is 59.4 Å². The molecular weight excluding hydrogens is 597 g/mol. The molecule has 3 amide bonds. The van der Waals surface area contributed by atoms with Gasteiger partial charge in [-0.2, -0.15) is 0 Å². The molecule has 3 N–H and O–H groups in total. The fourth-order valence-electron chi connectivity index (χ4n) is 4.93. The number of nitrogens with one attached hydrogen (secondary N) is 3. The molecule has 1 spiro atoms. The van der Waals surface area contributed by atoms with Crippen molar-refractivity contribution in [2.75, 3.05) is 73.3 Å². The van der Waals surface area contributed by atoms with E-state index in [0.717, 1.165) is 38.4 Å². The number of rotatable bonds is 9. The highest BCUT2D eigenvalue weighted by Crippen LogP contribution is 2.44. The Kier molecular flexibility index (Phi) is 8.81. The first-order valence-corrected chi connectivity index (χ1v) is 14.1. The number of carbonyl (C=O) groups excluding carboxylic acids is 2. The van der Waals surface area contributed by atoms with Crippen molar-refractivity contribution in [3.63, 3.8) is 0 Å².